The van der Waals surface area contributed by atoms with Gasteiger partial charge in [0.15, 0.2) is 11.5 Å². The molecule has 0 saturated carbocycles. The SMILES string of the molecule is CCC(C)c1ccccc1NC(=O)Cc1cc(OC)c(OC)cc1C. The Morgan fingerprint density at radius 3 is 2.40 bits per heavy atom. The number of carbonyl (C=O) groups is 1. The van der Waals surface area contributed by atoms with Crippen molar-refractivity contribution in [2.24, 2.45) is 0 Å². The number of benzene rings is 2. The minimum Gasteiger partial charge on any atom is -0.493 e. The first kappa shape index (κ1) is 18.8. The maximum Gasteiger partial charge on any atom is 0.228 e. The van der Waals surface area contributed by atoms with Gasteiger partial charge in [0.25, 0.3) is 0 Å². The van der Waals surface area contributed by atoms with Crippen molar-refractivity contribution in [1.82, 2.24) is 0 Å². The highest BCUT2D eigenvalue weighted by atomic mass is 16.5. The van der Waals surface area contributed by atoms with Crippen molar-refractivity contribution in [2.45, 2.75) is 39.5 Å². The Morgan fingerprint density at radius 2 is 1.76 bits per heavy atom. The highest BCUT2D eigenvalue weighted by molar-refractivity contribution is 5.93. The quantitative estimate of drug-likeness (QED) is 0.793. The summed E-state index contributed by atoms with van der Waals surface area (Å²) in [5.74, 6) is 1.67. The lowest BCUT2D eigenvalue weighted by Crippen LogP contribution is -2.16. The molecule has 4 nitrogen and oxygen atoms in total. The second-order valence-corrected chi connectivity index (χ2v) is 6.26. The van der Waals surface area contributed by atoms with E-state index >= 15 is 0 Å². The third-order valence-corrected chi connectivity index (χ3v) is 4.57. The molecule has 134 valence electrons. The first-order valence-corrected chi connectivity index (χ1v) is 8.60. The molecule has 1 atom stereocenters. The zero-order chi connectivity index (χ0) is 18.4. The minimum atomic E-state index is -0.0360. The van der Waals surface area contributed by atoms with Gasteiger partial charge in [-0.25, -0.2) is 0 Å². The number of amides is 1. The van der Waals surface area contributed by atoms with Crippen LogP contribution in [0, 0.1) is 6.92 Å². The molecule has 0 radical (unpaired) electrons. The summed E-state index contributed by atoms with van der Waals surface area (Å²) in [5, 5.41) is 3.06. The van der Waals surface area contributed by atoms with E-state index in [1.807, 2.05) is 37.3 Å². The smallest absolute Gasteiger partial charge is 0.228 e. The number of rotatable bonds is 7. The zero-order valence-corrected chi connectivity index (χ0v) is 15.7. The van der Waals surface area contributed by atoms with Crippen molar-refractivity contribution in [2.75, 3.05) is 19.5 Å². The minimum absolute atomic E-state index is 0.0360. The van der Waals surface area contributed by atoms with E-state index in [1.54, 1.807) is 14.2 Å². The number of anilines is 1. The van der Waals surface area contributed by atoms with Crippen LogP contribution in [0.1, 0.15) is 42.9 Å². The van der Waals surface area contributed by atoms with Crippen molar-refractivity contribution >= 4 is 11.6 Å². The van der Waals surface area contributed by atoms with Crippen LogP contribution in [-0.4, -0.2) is 20.1 Å². The molecule has 0 aliphatic rings. The Hall–Kier alpha value is -2.49. The number of carbonyl (C=O) groups excluding carboxylic acids is 1. The van der Waals surface area contributed by atoms with Crippen LogP contribution in [0.4, 0.5) is 5.69 Å². The van der Waals surface area contributed by atoms with Crippen LogP contribution >= 0.6 is 0 Å². The third-order valence-electron chi connectivity index (χ3n) is 4.57. The van der Waals surface area contributed by atoms with Crippen molar-refractivity contribution in [3.8, 4) is 11.5 Å². The molecule has 4 heteroatoms. The van der Waals surface area contributed by atoms with Crippen molar-refractivity contribution < 1.29 is 14.3 Å². The first-order chi connectivity index (χ1) is 12.0. The first-order valence-electron chi connectivity index (χ1n) is 8.60. The topological polar surface area (TPSA) is 47.6 Å². The van der Waals surface area contributed by atoms with Gasteiger partial charge in [-0.3, -0.25) is 4.79 Å². The van der Waals surface area contributed by atoms with Crippen molar-refractivity contribution in [1.29, 1.82) is 0 Å². The lowest BCUT2D eigenvalue weighted by Gasteiger charge is -2.16. The molecular weight excluding hydrogens is 314 g/mol. The lowest BCUT2D eigenvalue weighted by atomic mass is 9.96. The summed E-state index contributed by atoms with van der Waals surface area (Å²) in [7, 11) is 3.20. The second kappa shape index (κ2) is 8.56. The summed E-state index contributed by atoms with van der Waals surface area (Å²) in [5.41, 5.74) is 3.99. The third kappa shape index (κ3) is 4.53. The molecular formula is C21H27NO3. The summed E-state index contributed by atoms with van der Waals surface area (Å²) in [4.78, 5) is 12.6. The van der Waals surface area contributed by atoms with E-state index in [-0.39, 0.29) is 5.91 Å². The van der Waals surface area contributed by atoms with E-state index in [2.05, 4.69) is 25.2 Å². The fourth-order valence-corrected chi connectivity index (χ4v) is 2.84. The standard InChI is InChI=1S/C21H27NO3/c1-6-14(2)17-9-7-8-10-18(17)22-21(23)13-16-12-20(25-5)19(24-4)11-15(16)3/h7-12,14H,6,13H2,1-5H3,(H,22,23). The highest BCUT2D eigenvalue weighted by Crippen LogP contribution is 2.31. The molecule has 2 aromatic carbocycles. The Kier molecular flexibility index (Phi) is 6.45. The Labute approximate surface area is 150 Å². The average molecular weight is 341 g/mol. The van der Waals surface area contributed by atoms with Crippen LogP contribution in [0.2, 0.25) is 0 Å². The molecule has 1 amide bonds. The number of hydrogen-bond acceptors (Lipinski definition) is 3. The van der Waals surface area contributed by atoms with Gasteiger partial charge in [0.1, 0.15) is 0 Å². The summed E-state index contributed by atoms with van der Waals surface area (Å²) in [6, 6.07) is 11.8. The highest BCUT2D eigenvalue weighted by Gasteiger charge is 2.14. The number of nitrogens with one attached hydrogen (secondary N) is 1. The molecule has 0 heterocycles. The number of hydrogen-bond donors (Lipinski definition) is 1. The van der Waals surface area contributed by atoms with Crippen molar-refractivity contribution in [3.63, 3.8) is 0 Å². The van der Waals surface area contributed by atoms with Crippen LogP contribution in [0.25, 0.3) is 0 Å². The fourth-order valence-electron chi connectivity index (χ4n) is 2.84. The molecule has 1 N–H and O–H groups in total. The van der Waals surface area contributed by atoms with Gasteiger partial charge in [-0.2, -0.15) is 0 Å². The molecule has 0 fully saturated rings. The lowest BCUT2D eigenvalue weighted by molar-refractivity contribution is -0.115. The van der Waals surface area contributed by atoms with Crippen molar-refractivity contribution in [3.05, 3.63) is 53.1 Å². The van der Waals surface area contributed by atoms with E-state index in [9.17, 15) is 4.79 Å². The molecule has 0 aliphatic carbocycles. The van der Waals surface area contributed by atoms with Crippen LogP contribution in [0.3, 0.4) is 0 Å². The van der Waals surface area contributed by atoms with E-state index in [4.69, 9.17) is 9.47 Å². The summed E-state index contributed by atoms with van der Waals surface area (Å²) >= 11 is 0. The average Bonchev–Trinajstić information content (AvgIpc) is 2.62. The monoisotopic (exact) mass is 341 g/mol. The Bertz CT molecular complexity index is 740. The zero-order valence-electron chi connectivity index (χ0n) is 15.7. The van der Waals surface area contributed by atoms with Crippen LogP contribution < -0.4 is 14.8 Å². The maximum absolute atomic E-state index is 12.6. The van der Waals surface area contributed by atoms with Gasteiger partial charge >= 0.3 is 0 Å². The summed E-state index contributed by atoms with van der Waals surface area (Å²) in [6.45, 7) is 6.29. The summed E-state index contributed by atoms with van der Waals surface area (Å²) in [6.07, 6.45) is 1.32. The Balaban J connectivity index is 2.19. The van der Waals surface area contributed by atoms with Crippen LogP contribution in [-0.2, 0) is 11.2 Å². The normalized spacial score (nSPS) is 11.7. The van der Waals surface area contributed by atoms with Gasteiger partial charge in [0.05, 0.1) is 20.6 Å². The number of methoxy groups -OCH3 is 2. The molecule has 1 unspecified atom stereocenters. The molecule has 0 aromatic heterocycles. The van der Waals surface area contributed by atoms with Gasteiger partial charge in [0.2, 0.25) is 5.91 Å². The molecule has 25 heavy (non-hydrogen) atoms. The van der Waals surface area contributed by atoms with Crippen LogP contribution in [0.5, 0.6) is 11.5 Å². The van der Waals surface area contributed by atoms with E-state index in [0.717, 1.165) is 23.2 Å². The van der Waals surface area contributed by atoms with Gasteiger partial charge in [-0.15, -0.1) is 0 Å². The van der Waals surface area contributed by atoms with E-state index < -0.39 is 0 Å². The number of para-hydroxylation sites is 1. The van der Waals surface area contributed by atoms with Gasteiger partial charge in [0, 0.05) is 5.69 Å². The van der Waals surface area contributed by atoms with E-state index in [1.165, 1.54) is 5.56 Å². The molecule has 0 bridgehead atoms. The predicted molar refractivity (Wildman–Crippen MR) is 102 cm³/mol. The predicted octanol–water partition coefficient (Wildman–Crippen LogP) is 4.71. The number of ether oxygens (including phenoxy) is 2. The maximum atomic E-state index is 12.6. The Morgan fingerprint density at radius 1 is 1.12 bits per heavy atom. The molecule has 2 rings (SSSR count). The second-order valence-electron chi connectivity index (χ2n) is 6.26. The van der Waals surface area contributed by atoms with Crippen LogP contribution in [0.15, 0.2) is 36.4 Å². The fraction of sp³-hybridized carbons (Fsp3) is 0.381. The molecule has 0 saturated heterocycles. The molecule has 2 aromatic rings. The molecule has 0 spiro atoms. The van der Waals surface area contributed by atoms with Gasteiger partial charge in [-0.05, 0) is 54.2 Å². The largest absolute Gasteiger partial charge is 0.493 e. The van der Waals surface area contributed by atoms with E-state index in [0.29, 0.717) is 23.8 Å². The summed E-state index contributed by atoms with van der Waals surface area (Å²) < 4.78 is 10.6. The molecule has 0 aliphatic heterocycles. The van der Waals surface area contributed by atoms with Gasteiger partial charge in [-0.1, -0.05) is 32.0 Å². The van der Waals surface area contributed by atoms with Gasteiger partial charge < -0.3 is 14.8 Å². The number of aryl methyl sites for hydroxylation is 1.